The number of para-hydroxylation sites is 2. The van der Waals surface area contributed by atoms with Gasteiger partial charge in [-0.15, -0.1) is 22.7 Å². The molecule has 0 saturated heterocycles. The minimum Gasteiger partial charge on any atom is -0.318 e. The molecule has 4 aromatic heterocycles. The van der Waals surface area contributed by atoms with Crippen LogP contribution < -0.4 is 0 Å². The largest absolute Gasteiger partial charge is 0.318 e. The Balaban J connectivity index is 1.28. The highest BCUT2D eigenvalue weighted by Crippen LogP contribution is 2.56. The van der Waals surface area contributed by atoms with E-state index >= 15 is 0 Å². The first kappa shape index (κ1) is 42.2. The van der Waals surface area contributed by atoms with Crippen molar-refractivity contribution < 1.29 is 0 Å². The molecule has 4 nitrogen and oxygen atoms in total. The smallest absolute Gasteiger partial charge is 0.220 e. The van der Waals surface area contributed by atoms with Crippen LogP contribution in [0.15, 0.2) is 231 Å². The lowest BCUT2D eigenvalue weighted by Crippen LogP contribution is -2.09. The Morgan fingerprint density at radius 1 is 0.392 bits per heavy atom. The second-order valence-electron chi connectivity index (χ2n) is 18.8. The topological polar surface area (TPSA) is 38.0 Å². The van der Waals surface area contributed by atoms with Crippen LogP contribution in [0.25, 0.3) is 145 Å². The minimum atomic E-state index is 0.416. The molecule has 0 amide bonds. The van der Waals surface area contributed by atoms with E-state index in [1.165, 1.54) is 30.9 Å². The molecular weight excluding hydrogens is 937 g/mol. The van der Waals surface area contributed by atoms with Gasteiger partial charge < -0.3 is 9.13 Å². The first-order valence-electron chi connectivity index (χ1n) is 24.7. The third-order valence-electron chi connectivity index (χ3n) is 15.0. The molecule has 6 heteroatoms. The zero-order chi connectivity index (χ0) is 49.0. The second-order valence-corrected chi connectivity index (χ2v) is 20.9. The lowest BCUT2D eigenvalue weighted by Gasteiger charge is -2.26. The van der Waals surface area contributed by atoms with Gasteiger partial charge in [0.1, 0.15) is 6.07 Å². The van der Waals surface area contributed by atoms with Crippen molar-refractivity contribution >= 4 is 112 Å². The lowest BCUT2D eigenvalue weighted by molar-refractivity contribution is 1.14. The van der Waals surface area contributed by atoms with Crippen LogP contribution in [0.5, 0.6) is 0 Å². The van der Waals surface area contributed by atoms with E-state index in [1.54, 1.807) is 0 Å². The number of nitrogens with zero attached hydrogens (tertiary/aromatic N) is 4. The molecule has 74 heavy (non-hydrogen) atoms. The van der Waals surface area contributed by atoms with Crippen LogP contribution in [0.1, 0.15) is 5.56 Å². The van der Waals surface area contributed by atoms with Gasteiger partial charge in [0.15, 0.2) is 0 Å². The van der Waals surface area contributed by atoms with Gasteiger partial charge in [-0.05, 0) is 69.8 Å². The summed E-state index contributed by atoms with van der Waals surface area (Å²) < 4.78 is 9.41. The van der Waals surface area contributed by atoms with Gasteiger partial charge in [0.05, 0.1) is 55.0 Å². The summed E-state index contributed by atoms with van der Waals surface area (Å²) in [4.78, 5) is 4.58. The lowest BCUT2D eigenvalue weighted by atomic mass is 9.88. The average molecular weight is 975 g/mol. The number of nitriles is 1. The molecule has 15 aromatic rings. The van der Waals surface area contributed by atoms with Crippen LogP contribution in [-0.4, -0.2) is 9.13 Å². The van der Waals surface area contributed by atoms with Gasteiger partial charge >= 0.3 is 0 Å². The summed E-state index contributed by atoms with van der Waals surface area (Å²) >= 11 is 3.62. The van der Waals surface area contributed by atoms with Crippen molar-refractivity contribution in [3.05, 3.63) is 248 Å². The van der Waals surface area contributed by atoms with Gasteiger partial charge in [-0.3, -0.25) is 0 Å². The molecule has 0 fully saturated rings. The molecule has 342 valence electrons. The predicted molar refractivity (Wildman–Crippen MR) is 314 cm³/mol. The molecule has 0 N–H and O–H groups in total. The molecule has 0 aliphatic carbocycles. The van der Waals surface area contributed by atoms with E-state index < -0.39 is 0 Å². The Labute approximate surface area is 433 Å². The Bertz CT molecular complexity index is 4670. The molecule has 0 aliphatic heterocycles. The van der Waals surface area contributed by atoms with Gasteiger partial charge in [-0.25, -0.2) is 4.85 Å². The molecule has 0 radical (unpaired) electrons. The quantitative estimate of drug-likeness (QED) is 0.153. The van der Waals surface area contributed by atoms with E-state index in [9.17, 15) is 11.8 Å². The van der Waals surface area contributed by atoms with E-state index in [0.717, 1.165) is 103 Å². The summed E-state index contributed by atoms with van der Waals surface area (Å²) in [6.45, 7) is 9.38. The Morgan fingerprint density at radius 3 is 1.23 bits per heavy atom. The van der Waals surface area contributed by atoms with Gasteiger partial charge in [0, 0.05) is 63.6 Å². The zero-order valence-corrected chi connectivity index (χ0v) is 41.2. The average Bonchev–Trinajstić information content (AvgIpc) is 4.24. The molecule has 15 rings (SSSR count). The SMILES string of the molecule is [C-]#[N+]c1c(-c2ccccc2)c(C#N)c(-n2c3c(cc(-c4ccccc4)c4c5ccccc5sc43)c3cc(-c4ccccc4)c4c5ccccc5sc4c32)c(-c2ccccc2)c1-n1c2ccccc2c2ccccc21. The molecule has 0 unspecified atom stereocenters. The summed E-state index contributed by atoms with van der Waals surface area (Å²) in [5.41, 5.74) is 14.0. The predicted octanol–water partition coefficient (Wildman–Crippen LogP) is 19.7. The summed E-state index contributed by atoms with van der Waals surface area (Å²) in [7, 11) is 0. The van der Waals surface area contributed by atoms with Crippen molar-refractivity contribution in [1.82, 2.24) is 9.13 Å². The van der Waals surface area contributed by atoms with Crippen molar-refractivity contribution in [2.24, 2.45) is 0 Å². The number of benzene rings is 11. The molecular formula is C68H38N4S2. The van der Waals surface area contributed by atoms with Gasteiger partial charge in [0.25, 0.3) is 0 Å². The first-order valence-corrected chi connectivity index (χ1v) is 26.3. The molecule has 0 bridgehead atoms. The molecule has 0 spiro atoms. The van der Waals surface area contributed by atoms with Gasteiger partial charge in [-0.1, -0.05) is 194 Å². The first-order chi connectivity index (χ1) is 36.7. The molecule has 4 heterocycles. The van der Waals surface area contributed by atoms with Crippen LogP contribution in [0.2, 0.25) is 0 Å². The Hall–Kier alpha value is -9.56. The fourth-order valence-electron chi connectivity index (χ4n) is 12.0. The van der Waals surface area contributed by atoms with Crippen molar-refractivity contribution in [2.75, 3.05) is 0 Å². The maximum Gasteiger partial charge on any atom is 0.220 e. The second kappa shape index (κ2) is 16.5. The van der Waals surface area contributed by atoms with Crippen molar-refractivity contribution in [3.63, 3.8) is 0 Å². The summed E-state index contributed by atoms with van der Waals surface area (Å²) in [6.07, 6.45) is 0. The highest BCUT2D eigenvalue weighted by molar-refractivity contribution is 7.27. The monoisotopic (exact) mass is 974 g/mol. The normalized spacial score (nSPS) is 11.8. The third-order valence-corrected chi connectivity index (χ3v) is 17.3. The molecule has 0 atom stereocenters. The van der Waals surface area contributed by atoms with Crippen molar-refractivity contribution in [1.29, 1.82) is 5.26 Å². The van der Waals surface area contributed by atoms with Crippen LogP contribution in [-0.2, 0) is 0 Å². The minimum absolute atomic E-state index is 0.416. The van der Waals surface area contributed by atoms with Gasteiger partial charge in [-0.2, -0.15) is 5.26 Å². The molecule has 0 saturated carbocycles. The van der Waals surface area contributed by atoms with Crippen molar-refractivity contribution in [3.8, 4) is 62.0 Å². The van der Waals surface area contributed by atoms with Crippen LogP contribution >= 0.6 is 22.7 Å². The van der Waals surface area contributed by atoms with E-state index in [1.807, 2.05) is 59.1 Å². The van der Waals surface area contributed by atoms with E-state index in [4.69, 9.17) is 0 Å². The Kier molecular flexibility index (Phi) is 9.40. The number of hydrogen-bond acceptors (Lipinski definition) is 3. The summed E-state index contributed by atoms with van der Waals surface area (Å²) in [6, 6.07) is 84.4. The van der Waals surface area contributed by atoms with E-state index in [0.29, 0.717) is 16.8 Å². The molecule has 11 aromatic carbocycles. The van der Waals surface area contributed by atoms with Crippen LogP contribution in [0, 0.1) is 17.9 Å². The van der Waals surface area contributed by atoms with E-state index in [2.05, 4.69) is 214 Å². The summed E-state index contributed by atoms with van der Waals surface area (Å²) in [5, 5.41) is 21.4. The van der Waals surface area contributed by atoms with Crippen LogP contribution in [0.3, 0.4) is 0 Å². The number of hydrogen-bond donors (Lipinski definition) is 0. The summed E-state index contributed by atoms with van der Waals surface area (Å²) in [5.74, 6) is 0. The standard InChI is InChI=1S/C68H38N4S2/c1-70-62-58(43-26-10-4-11-27-43)53(40-69)63(59(44-28-12-5-13-29-44)66(62)71-54-34-18-14-30-45(54)46-31-15-19-35-55(46)71)72-64-51(38-49(41-22-6-2-7-23-41)60-47-32-16-20-36-56(47)73-67(60)64)52-39-50(42-24-8-3-9-25-42)61-48-33-17-21-37-57(48)74-68(61)65(52)72/h2-39H. The van der Waals surface area contributed by atoms with E-state index in [-0.39, 0.29) is 0 Å². The highest BCUT2D eigenvalue weighted by Gasteiger charge is 2.34. The zero-order valence-electron chi connectivity index (χ0n) is 39.5. The molecule has 0 aliphatic rings. The number of fused-ring (bicyclic) bond motifs is 14. The Morgan fingerprint density at radius 2 is 0.784 bits per heavy atom. The highest BCUT2D eigenvalue weighted by atomic mass is 32.1. The third kappa shape index (κ3) is 5.99. The fraction of sp³-hybridized carbons (Fsp3) is 0. The van der Waals surface area contributed by atoms with Gasteiger partial charge in [0.2, 0.25) is 5.69 Å². The number of aromatic nitrogens is 2. The van der Waals surface area contributed by atoms with Crippen LogP contribution in [0.4, 0.5) is 5.69 Å². The van der Waals surface area contributed by atoms with Crippen molar-refractivity contribution in [2.45, 2.75) is 0 Å². The number of thiophene rings is 2. The number of rotatable bonds is 6. The fourth-order valence-corrected chi connectivity index (χ4v) is 14.5. The maximum atomic E-state index is 12.3. The maximum absolute atomic E-state index is 12.3.